The first kappa shape index (κ1) is 21.2. The monoisotopic (exact) mass is 440 g/mol. The first-order chi connectivity index (χ1) is 16.1. The van der Waals surface area contributed by atoms with Crippen LogP contribution in [0.4, 0.5) is 5.82 Å². The number of pyridine rings is 1. The van der Waals surface area contributed by atoms with Gasteiger partial charge in [0.1, 0.15) is 12.0 Å². The van der Waals surface area contributed by atoms with Crippen molar-refractivity contribution in [2.24, 2.45) is 0 Å². The first-order valence-electron chi connectivity index (χ1n) is 11.4. The number of hydrogen-bond acceptors (Lipinski definition) is 5. The van der Waals surface area contributed by atoms with Gasteiger partial charge >= 0.3 is 0 Å². The van der Waals surface area contributed by atoms with Crippen LogP contribution < -0.4 is 16.2 Å². The summed E-state index contributed by atoms with van der Waals surface area (Å²) < 4.78 is 7.50. The predicted molar refractivity (Wildman–Crippen MR) is 134 cm³/mol. The highest BCUT2D eigenvalue weighted by Crippen LogP contribution is 2.40. The van der Waals surface area contributed by atoms with Crippen LogP contribution in [-0.2, 0) is 4.74 Å². The fourth-order valence-corrected chi connectivity index (χ4v) is 4.33. The van der Waals surface area contributed by atoms with Crippen LogP contribution in [0.25, 0.3) is 17.3 Å². The SMILES string of the molecule is CCOC1C=Cc2cc(C3=C/C(=C/NC)C(=N)C=C3)c(=O)n(-c3ccc(C4CC4)cc3)c2N1. The summed E-state index contributed by atoms with van der Waals surface area (Å²) in [7, 11) is 1.80. The van der Waals surface area contributed by atoms with Crippen molar-refractivity contribution in [3.05, 3.63) is 93.5 Å². The second-order valence-corrected chi connectivity index (χ2v) is 8.48. The summed E-state index contributed by atoms with van der Waals surface area (Å²) in [6.45, 7) is 2.52. The molecule has 2 heterocycles. The van der Waals surface area contributed by atoms with Crippen LogP contribution in [0.1, 0.15) is 42.4 Å². The maximum absolute atomic E-state index is 13.9. The molecule has 2 aromatic rings. The van der Waals surface area contributed by atoms with E-state index in [4.69, 9.17) is 10.1 Å². The highest BCUT2D eigenvalue weighted by molar-refractivity contribution is 6.13. The van der Waals surface area contributed by atoms with Gasteiger partial charge in [0.25, 0.3) is 5.56 Å². The van der Waals surface area contributed by atoms with Crippen LogP contribution in [0.3, 0.4) is 0 Å². The summed E-state index contributed by atoms with van der Waals surface area (Å²) in [5, 5.41) is 14.5. The fourth-order valence-electron chi connectivity index (χ4n) is 4.33. The molecule has 1 atom stereocenters. The van der Waals surface area contributed by atoms with E-state index in [9.17, 15) is 4.79 Å². The second kappa shape index (κ2) is 8.71. The molecule has 0 spiro atoms. The van der Waals surface area contributed by atoms with Crippen LogP contribution in [0.5, 0.6) is 0 Å². The van der Waals surface area contributed by atoms with Crippen molar-refractivity contribution in [3.8, 4) is 5.69 Å². The molecule has 0 radical (unpaired) electrons. The molecule has 3 aliphatic rings. The molecule has 0 saturated heterocycles. The third kappa shape index (κ3) is 4.10. The zero-order valence-electron chi connectivity index (χ0n) is 18.9. The molecule has 168 valence electrons. The standard InChI is InChI=1S/C27H28N4O2/c1-3-33-25-13-9-20-15-23(19-8-12-24(28)21(14-19)16-29-2)27(32)31(26(20)30-25)22-10-6-18(7-11-22)17-4-5-17/h6-17,25,28-30H,3-5H2,1-2H3/b21-16-,28-24?. The zero-order chi connectivity index (χ0) is 22.9. The molecular weight excluding hydrogens is 412 g/mol. The molecule has 2 aliphatic carbocycles. The number of fused-ring (bicyclic) bond motifs is 1. The van der Waals surface area contributed by atoms with Gasteiger partial charge in [-0.25, -0.2) is 0 Å². The molecule has 1 saturated carbocycles. The molecular formula is C27H28N4O2. The number of anilines is 1. The van der Waals surface area contributed by atoms with E-state index in [2.05, 4.69) is 22.8 Å². The highest BCUT2D eigenvalue weighted by Gasteiger charge is 2.25. The Balaban J connectivity index is 1.67. The summed E-state index contributed by atoms with van der Waals surface area (Å²) >= 11 is 0. The summed E-state index contributed by atoms with van der Waals surface area (Å²) in [6, 6.07) is 10.2. The lowest BCUT2D eigenvalue weighted by Crippen LogP contribution is -2.32. The molecule has 1 aromatic heterocycles. The van der Waals surface area contributed by atoms with E-state index >= 15 is 0 Å². The van der Waals surface area contributed by atoms with Gasteiger partial charge in [0.2, 0.25) is 0 Å². The lowest BCUT2D eigenvalue weighted by Gasteiger charge is -2.26. The molecule has 33 heavy (non-hydrogen) atoms. The normalized spacial score (nSPS) is 20.4. The molecule has 3 N–H and O–H groups in total. The average molecular weight is 441 g/mol. The number of ether oxygens (including phenoxy) is 1. The molecule has 0 bridgehead atoms. The number of allylic oxidation sites excluding steroid dienone is 5. The Bertz CT molecular complexity index is 1270. The number of aromatic nitrogens is 1. The van der Waals surface area contributed by atoms with Crippen molar-refractivity contribution in [3.63, 3.8) is 0 Å². The first-order valence-corrected chi connectivity index (χ1v) is 11.4. The third-order valence-corrected chi connectivity index (χ3v) is 6.17. The van der Waals surface area contributed by atoms with Gasteiger partial charge in [-0.2, -0.15) is 0 Å². The van der Waals surface area contributed by atoms with E-state index in [1.54, 1.807) is 23.9 Å². The van der Waals surface area contributed by atoms with Gasteiger partial charge in [-0.3, -0.25) is 9.36 Å². The molecule has 0 amide bonds. The van der Waals surface area contributed by atoms with Gasteiger partial charge in [0, 0.05) is 36.6 Å². The van der Waals surface area contributed by atoms with Crippen molar-refractivity contribution in [1.29, 1.82) is 5.41 Å². The Hall–Kier alpha value is -3.64. The predicted octanol–water partition coefficient (Wildman–Crippen LogP) is 4.59. The lowest BCUT2D eigenvalue weighted by molar-refractivity contribution is 0.115. The summed E-state index contributed by atoms with van der Waals surface area (Å²) in [5.74, 6) is 1.38. The molecule has 1 aromatic carbocycles. The van der Waals surface area contributed by atoms with E-state index in [-0.39, 0.29) is 11.8 Å². The van der Waals surface area contributed by atoms with Gasteiger partial charge in [-0.15, -0.1) is 0 Å². The maximum Gasteiger partial charge on any atom is 0.264 e. The third-order valence-electron chi connectivity index (χ3n) is 6.17. The molecule has 6 nitrogen and oxygen atoms in total. The Kier molecular flexibility index (Phi) is 5.60. The average Bonchev–Trinajstić information content (AvgIpc) is 3.67. The lowest BCUT2D eigenvalue weighted by atomic mass is 9.95. The number of rotatable bonds is 6. The van der Waals surface area contributed by atoms with E-state index in [0.29, 0.717) is 23.8 Å². The van der Waals surface area contributed by atoms with Crippen LogP contribution >= 0.6 is 0 Å². The number of benzene rings is 1. The van der Waals surface area contributed by atoms with Crippen molar-refractivity contribution >= 4 is 23.2 Å². The zero-order valence-corrected chi connectivity index (χ0v) is 18.9. The van der Waals surface area contributed by atoms with Crippen LogP contribution in [0.2, 0.25) is 0 Å². The quantitative estimate of drug-likeness (QED) is 0.614. The highest BCUT2D eigenvalue weighted by atomic mass is 16.5. The Morgan fingerprint density at radius 2 is 2.00 bits per heavy atom. The topological polar surface area (TPSA) is 79.1 Å². The minimum absolute atomic E-state index is 0.112. The number of nitrogens with one attached hydrogen (secondary N) is 3. The number of hydrogen-bond donors (Lipinski definition) is 3. The van der Waals surface area contributed by atoms with Crippen molar-refractivity contribution in [2.75, 3.05) is 19.0 Å². The van der Waals surface area contributed by atoms with E-state index in [1.807, 2.05) is 49.4 Å². The Morgan fingerprint density at radius 1 is 1.21 bits per heavy atom. The number of nitrogens with zero attached hydrogens (tertiary/aromatic N) is 1. The van der Waals surface area contributed by atoms with Gasteiger partial charge in [-0.1, -0.05) is 24.3 Å². The van der Waals surface area contributed by atoms with Crippen LogP contribution in [0.15, 0.2) is 71.2 Å². The molecule has 1 unspecified atom stereocenters. The smallest absolute Gasteiger partial charge is 0.264 e. The van der Waals surface area contributed by atoms with Crippen molar-refractivity contribution < 1.29 is 4.74 Å². The maximum atomic E-state index is 13.9. The van der Waals surface area contributed by atoms with Gasteiger partial charge < -0.3 is 20.8 Å². The molecule has 5 rings (SSSR count). The van der Waals surface area contributed by atoms with Gasteiger partial charge in [-0.05, 0) is 73.2 Å². The second-order valence-electron chi connectivity index (χ2n) is 8.48. The van der Waals surface area contributed by atoms with E-state index in [1.165, 1.54) is 18.4 Å². The summed E-state index contributed by atoms with van der Waals surface area (Å²) in [6.07, 6.45) is 13.4. The summed E-state index contributed by atoms with van der Waals surface area (Å²) in [5.41, 5.74) is 5.46. The minimum Gasteiger partial charge on any atom is -0.393 e. The van der Waals surface area contributed by atoms with E-state index < -0.39 is 0 Å². The summed E-state index contributed by atoms with van der Waals surface area (Å²) in [4.78, 5) is 13.9. The molecule has 1 fully saturated rings. The van der Waals surface area contributed by atoms with E-state index in [0.717, 1.165) is 28.2 Å². The molecule has 1 aliphatic heterocycles. The van der Waals surface area contributed by atoms with Crippen LogP contribution in [0, 0.1) is 5.41 Å². The van der Waals surface area contributed by atoms with Gasteiger partial charge in [0.05, 0.1) is 11.4 Å². The Morgan fingerprint density at radius 3 is 2.70 bits per heavy atom. The Labute approximate surface area is 193 Å². The van der Waals surface area contributed by atoms with Crippen molar-refractivity contribution in [1.82, 2.24) is 9.88 Å². The molecule has 6 heteroatoms. The largest absolute Gasteiger partial charge is 0.393 e. The fraction of sp³-hybridized carbons (Fsp3) is 0.259. The van der Waals surface area contributed by atoms with Crippen LogP contribution in [-0.4, -0.2) is 30.2 Å². The minimum atomic E-state index is -0.288. The van der Waals surface area contributed by atoms with Gasteiger partial charge in [0.15, 0.2) is 0 Å². The van der Waals surface area contributed by atoms with Crippen molar-refractivity contribution in [2.45, 2.75) is 31.9 Å².